The minimum absolute atomic E-state index is 0.198. The molecule has 0 saturated heterocycles. The third-order valence-electron chi connectivity index (χ3n) is 3.33. The quantitative estimate of drug-likeness (QED) is 0.867. The fourth-order valence-corrected chi connectivity index (χ4v) is 3.24. The number of benzene rings is 2. The fraction of sp³-hybridized carbons (Fsp3) is 0.176. The van der Waals surface area contributed by atoms with Crippen LogP contribution in [0.4, 0.5) is 4.39 Å². The zero-order chi connectivity index (χ0) is 15.4. The van der Waals surface area contributed by atoms with Crippen LogP contribution in [0.1, 0.15) is 15.9 Å². The van der Waals surface area contributed by atoms with Crippen LogP contribution in [0.25, 0.3) is 0 Å². The van der Waals surface area contributed by atoms with Gasteiger partial charge in [-0.05, 0) is 23.8 Å². The van der Waals surface area contributed by atoms with Gasteiger partial charge in [0.1, 0.15) is 5.82 Å². The van der Waals surface area contributed by atoms with Gasteiger partial charge in [-0.3, -0.25) is 14.7 Å². The van der Waals surface area contributed by atoms with Gasteiger partial charge in [-0.15, -0.1) is 0 Å². The Labute approximate surface area is 132 Å². The Bertz CT molecular complexity index is 703. The van der Waals surface area contributed by atoms with Gasteiger partial charge in [0.05, 0.1) is 6.54 Å². The summed E-state index contributed by atoms with van der Waals surface area (Å²) in [6, 6.07) is 15.8. The van der Waals surface area contributed by atoms with E-state index < -0.39 is 5.82 Å². The van der Waals surface area contributed by atoms with Crippen LogP contribution in [0.3, 0.4) is 0 Å². The van der Waals surface area contributed by atoms with E-state index in [1.54, 1.807) is 17.0 Å². The van der Waals surface area contributed by atoms with E-state index in [0.717, 1.165) is 5.75 Å². The summed E-state index contributed by atoms with van der Waals surface area (Å²) in [6.45, 7) is 1.14. The number of aliphatic imine (C=N–C) groups is 1. The van der Waals surface area contributed by atoms with Crippen molar-refractivity contribution in [2.24, 2.45) is 4.99 Å². The number of rotatable bonds is 3. The standard InChI is InChI=1S/C17H15FN2OS/c18-15-8-4-7-14(11-15)16(21)20-10-9-19-17(20)22-12-13-5-2-1-3-6-13/h1-8,11H,9-10,12H2. The van der Waals surface area contributed by atoms with E-state index in [1.165, 1.54) is 29.5 Å². The fourth-order valence-electron chi connectivity index (χ4n) is 2.24. The molecule has 22 heavy (non-hydrogen) atoms. The van der Waals surface area contributed by atoms with Crippen molar-refractivity contribution >= 4 is 22.8 Å². The van der Waals surface area contributed by atoms with Gasteiger partial charge in [0.2, 0.25) is 0 Å². The molecule has 1 aliphatic rings. The molecule has 112 valence electrons. The van der Waals surface area contributed by atoms with Gasteiger partial charge in [0, 0.05) is 17.9 Å². The first kappa shape index (κ1) is 14.8. The monoisotopic (exact) mass is 314 g/mol. The zero-order valence-electron chi connectivity index (χ0n) is 11.9. The number of carbonyl (C=O) groups excluding carboxylic acids is 1. The molecule has 0 aliphatic carbocycles. The second kappa shape index (κ2) is 6.75. The van der Waals surface area contributed by atoms with Crippen molar-refractivity contribution < 1.29 is 9.18 Å². The first-order valence-corrected chi connectivity index (χ1v) is 8.01. The maximum atomic E-state index is 13.3. The van der Waals surface area contributed by atoms with Crippen LogP contribution < -0.4 is 0 Å². The Hall–Kier alpha value is -2.14. The molecule has 0 unspecified atom stereocenters. The smallest absolute Gasteiger partial charge is 0.259 e. The molecule has 1 amide bonds. The lowest BCUT2D eigenvalue weighted by molar-refractivity contribution is 0.0860. The van der Waals surface area contributed by atoms with Crippen LogP contribution in [-0.4, -0.2) is 29.1 Å². The predicted octanol–water partition coefficient (Wildman–Crippen LogP) is 3.57. The Balaban J connectivity index is 1.69. The normalized spacial score (nSPS) is 14.0. The summed E-state index contributed by atoms with van der Waals surface area (Å²) in [5.41, 5.74) is 1.54. The molecule has 0 N–H and O–H groups in total. The topological polar surface area (TPSA) is 32.7 Å². The molecule has 2 aromatic carbocycles. The number of hydrogen-bond donors (Lipinski definition) is 0. The van der Waals surface area contributed by atoms with Crippen molar-refractivity contribution in [2.45, 2.75) is 5.75 Å². The maximum Gasteiger partial charge on any atom is 0.259 e. The van der Waals surface area contributed by atoms with Crippen molar-refractivity contribution in [3.63, 3.8) is 0 Å². The summed E-state index contributed by atoms with van der Waals surface area (Å²) in [5.74, 6) is 0.156. The number of thioether (sulfide) groups is 1. The molecule has 0 radical (unpaired) electrons. The lowest BCUT2D eigenvalue weighted by atomic mass is 10.2. The first-order chi connectivity index (χ1) is 10.7. The third-order valence-corrected chi connectivity index (χ3v) is 4.41. The molecule has 1 heterocycles. The van der Waals surface area contributed by atoms with Crippen LogP contribution in [-0.2, 0) is 5.75 Å². The highest BCUT2D eigenvalue weighted by molar-refractivity contribution is 8.13. The molecule has 0 spiro atoms. The van der Waals surface area contributed by atoms with E-state index in [2.05, 4.69) is 4.99 Å². The molecule has 0 bridgehead atoms. The maximum absolute atomic E-state index is 13.3. The number of hydrogen-bond acceptors (Lipinski definition) is 3. The molecule has 0 fully saturated rings. The highest BCUT2D eigenvalue weighted by Gasteiger charge is 2.25. The zero-order valence-corrected chi connectivity index (χ0v) is 12.7. The predicted molar refractivity (Wildman–Crippen MR) is 87.5 cm³/mol. The summed E-state index contributed by atoms with van der Waals surface area (Å²) in [5, 5.41) is 0.707. The lowest BCUT2D eigenvalue weighted by Gasteiger charge is -2.18. The van der Waals surface area contributed by atoms with E-state index in [1.807, 2.05) is 30.3 Å². The second-order valence-electron chi connectivity index (χ2n) is 4.91. The van der Waals surface area contributed by atoms with Gasteiger partial charge in [-0.2, -0.15) is 0 Å². The highest BCUT2D eigenvalue weighted by Crippen LogP contribution is 2.21. The summed E-state index contributed by atoms with van der Waals surface area (Å²) in [7, 11) is 0. The van der Waals surface area contributed by atoms with Crippen LogP contribution >= 0.6 is 11.8 Å². The number of nitrogens with zero attached hydrogens (tertiary/aromatic N) is 2. The number of amidine groups is 1. The minimum Gasteiger partial charge on any atom is -0.286 e. The summed E-state index contributed by atoms with van der Waals surface area (Å²) in [6.07, 6.45) is 0. The highest BCUT2D eigenvalue weighted by atomic mass is 32.2. The van der Waals surface area contributed by atoms with Gasteiger partial charge in [-0.25, -0.2) is 4.39 Å². The molecule has 1 aliphatic heterocycles. The molecule has 0 atom stereocenters. The average Bonchev–Trinajstić information content (AvgIpc) is 3.01. The molecule has 3 rings (SSSR count). The van der Waals surface area contributed by atoms with Gasteiger partial charge in [-0.1, -0.05) is 48.2 Å². The molecule has 2 aromatic rings. The molecule has 3 nitrogen and oxygen atoms in total. The van der Waals surface area contributed by atoms with Crippen molar-refractivity contribution in [1.82, 2.24) is 4.90 Å². The lowest BCUT2D eigenvalue weighted by Crippen LogP contribution is -2.32. The number of amides is 1. The number of carbonyl (C=O) groups is 1. The van der Waals surface area contributed by atoms with E-state index in [0.29, 0.717) is 23.8 Å². The SMILES string of the molecule is O=C(c1cccc(F)c1)N1CCN=C1SCc1ccccc1. The van der Waals surface area contributed by atoms with Crippen molar-refractivity contribution in [3.8, 4) is 0 Å². The summed E-state index contributed by atoms with van der Waals surface area (Å²) >= 11 is 1.53. The van der Waals surface area contributed by atoms with Crippen molar-refractivity contribution in [1.29, 1.82) is 0 Å². The van der Waals surface area contributed by atoms with E-state index in [4.69, 9.17) is 0 Å². The first-order valence-electron chi connectivity index (χ1n) is 7.02. The van der Waals surface area contributed by atoms with Crippen LogP contribution in [0.5, 0.6) is 0 Å². The summed E-state index contributed by atoms with van der Waals surface area (Å²) in [4.78, 5) is 18.5. The van der Waals surface area contributed by atoms with Crippen molar-refractivity contribution in [2.75, 3.05) is 13.1 Å². The molecular weight excluding hydrogens is 299 g/mol. The molecule has 0 aromatic heterocycles. The largest absolute Gasteiger partial charge is 0.286 e. The van der Waals surface area contributed by atoms with E-state index >= 15 is 0 Å². The molecule has 5 heteroatoms. The van der Waals surface area contributed by atoms with Gasteiger partial charge in [0.25, 0.3) is 5.91 Å². The summed E-state index contributed by atoms with van der Waals surface area (Å²) < 4.78 is 13.3. The Morgan fingerprint density at radius 1 is 1.18 bits per heavy atom. The van der Waals surface area contributed by atoms with Crippen LogP contribution in [0.15, 0.2) is 59.6 Å². The van der Waals surface area contributed by atoms with Crippen LogP contribution in [0.2, 0.25) is 0 Å². The Kier molecular flexibility index (Phi) is 4.53. The average molecular weight is 314 g/mol. The Morgan fingerprint density at radius 2 is 2.00 bits per heavy atom. The van der Waals surface area contributed by atoms with Gasteiger partial charge >= 0.3 is 0 Å². The number of halogens is 1. The van der Waals surface area contributed by atoms with Gasteiger partial charge < -0.3 is 0 Å². The minimum atomic E-state index is -0.402. The third kappa shape index (κ3) is 3.36. The van der Waals surface area contributed by atoms with Crippen molar-refractivity contribution in [3.05, 3.63) is 71.5 Å². The van der Waals surface area contributed by atoms with Gasteiger partial charge in [0.15, 0.2) is 5.17 Å². The van der Waals surface area contributed by atoms with E-state index in [9.17, 15) is 9.18 Å². The second-order valence-corrected chi connectivity index (χ2v) is 5.85. The van der Waals surface area contributed by atoms with E-state index in [-0.39, 0.29) is 5.91 Å². The molecule has 0 saturated carbocycles. The molecular formula is C17H15FN2OS. The Morgan fingerprint density at radius 3 is 2.77 bits per heavy atom. The van der Waals surface area contributed by atoms with Crippen LogP contribution in [0, 0.1) is 5.82 Å².